The highest BCUT2D eigenvalue weighted by Gasteiger charge is 2.11. The topological polar surface area (TPSA) is 42.7 Å². The molecule has 0 radical (unpaired) electrons. The van der Waals surface area contributed by atoms with Crippen LogP contribution >= 0.6 is 0 Å². The molecule has 0 spiro atoms. The summed E-state index contributed by atoms with van der Waals surface area (Å²) in [5, 5.41) is 7.21. The van der Waals surface area contributed by atoms with E-state index in [1.807, 2.05) is 7.05 Å². The zero-order chi connectivity index (χ0) is 13.1. The molecule has 0 fully saturated rings. The highest BCUT2D eigenvalue weighted by Crippen LogP contribution is 2.18. The lowest BCUT2D eigenvalue weighted by molar-refractivity contribution is 0.509. The van der Waals surface area contributed by atoms with Gasteiger partial charge in [-0.3, -0.25) is 4.68 Å². The molecule has 2 aromatic rings. The third-order valence-corrected chi connectivity index (χ3v) is 2.63. The van der Waals surface area contributed by atoms with Gasteiger partial charge < -0.3 is 5.32 Å². The van der Waals surface area contributed by atoms with E-state index in [1.54, 1.807) is 11.7 Å². The molecule has 0 aliphatic heterocycles. The average molecular weight is 252 g/mol. The van der Waals surface area contributed by atoms with Crippen molar-refractivity contribution in [3.05, 3.63) is 35.7 Å². The fourth-order valence-corrected chi connectivity index (χ4v) is 1.63. The van der Waals surface area contributed by atoms with Crippen LogP contribution in [0, 0.1) is 11.6 Å². The number of likely N-dealkylation sites (N-methyl/N-ethyl adjacent to an activating group) is 1. The first kappa shape index (κ1) is 12.6. The lowest BCUT2D eigenvalue weighted by atomic mass is 10.2. The van der Waals surface area contributed by atoms with Crippen LogP contribution in [-0.2, 0) is 13.5 Å². The Morgan fingerprint density at radius 3 is 2.72 bits per heavy atom. The fraction of sp³-hybridized carbons (Fsp3) is 0.333. The summed E-state index contributed by atoms with van der Waals surface area (Å²) in [5.41, 5.74) is 0.472. The van der Waals surface area contributed by atoms with E-state index >= 15 is 0 Å². The lowest BCUT2D eigenvalue weighted by Gasteiger charge is -1.97. The molecule has 0 saturated carbocycles. The first-order valence-corrected chi connectivity index (χ1v) is 5.61. The molecule has 0 bridgehead atoms. The van der Waals surface area contributed by atoms with Crippen LogP contribution in [0.25, 0.3) is 11.4 Å². The number of halogens is 2. The van der Waals surface area contributed by atoms with Gasteiger partial charge in [0.1, 0.15) is 5.82 Å². The molecule has 1 aromatic heterocycles. The molecule has 1 N–H and O–H groups in total. The van der Waals surface area contributed by atoms with Crippen molar-refractivity contribution in [2.45, 2.75) is 6.42 Å². The summed E-state index contributed by atoms with van der Waals surface area (Å²) in [6.07, 6.45) is 0.726. The number of aromatic nitrogens is 3. The molecule has 0 atom stereocenters. The molecule has 0 aliphatic rings. The van der Waals surface area contributed by atoms with Gasteiger partial charge >= 0.3 is 0 Å². The standard InChI is InChI=1S/C12H14F2N4/c1-15-6-5-11-16-12(17-18(11)2)8-3-4-9(13)10(14)7-8/h3-4,7,15H,5-6H2,1-2H3. The number of nitrogens with one attached hydrogen (secondary N) is 1. The van der Waals surface area contributed by atoms with E-state index in [0.29, 0.717) is 11.4 Å². The van der Waals surface area contributed by atoms with E-state index in [2.05, 4.69) is 15.4 Å². The molecule has 4 nitrogen and oxygen atoms in total. The maximum atomic E-state index is 13.1. The molecule has 6 heteroatoms. The van der Waals surface area contributed by atoms with Gasteiger partial charge in [0, 0.05) is 25.6 Å². The van der Waals surface area contributed by atoms with Crippen molar-refractivity contribution in [1.29, 1.82) is 0 Å². The molecule has 0 amide bonds. The number of benzene rings is 1. The quantitative estimate of drug-likeness (QED) is 0.897. The third-order valence-electron chi connectivity index (χ3n) is 2.63. The molecule has 2 rings (SSSR count). The monoisotopic (exact) mass is 252 g/mol. The number of rotatable bonds is 4. The fourth-order valence-electron chi connectivity index (χ4n) is 1.63. The van der Waals surface area contributed by atoms with Crippen LogP contribution in [0.1, 0.15) is 5.82 Å². The first-order valence-electron chi connectivity index (χ1n) is 5.61. The SMILES string of the molecule is CNCCc1nc(-c2ccc(F)c(F)c2)nn1C. The summed E-state index contributed by atoms with van der Waals surface area (Å²) in [7, 11) is 3.63. The molecule has 1 heterocycles. The van der Waals surface area contributed by atoms with Gasteiger partial charge in [0.2, 0.25) is 0 Å². The first-order chi connectivity index (χ1) is 8.61. The predicted molar refractivity (Wildman–Crippen MR) is 64.0 cm³/mol. The second-order valence-corrected chi connectivity index (χ2v) is 3.96. The van der Waals surface area contributed by atoms with Crippen LogP contribution < -0.4 is 5.32 Å². The number of nitrogens with zero attached hydrogens (tertiary/aromatic N) is 3. The van der Waals surface area contributed by atoms with Crippen molar-refractivity contribution in [3.8, 4) is 11.4 Å². The Bertz CT molecular complexity index is 551. The summed E-state index contributed by atoms with van der Waals surface area (Å²) in [4.78, 5) is 4.31. The van der Waals surface area contributed by atoms with Crippen LogP contribution in [0.4, 0.5) is 8.78 Å². The Kier molecular flexibility index (Phi) is 3.66. The predicted octanol–water partition coefficient (Wildman–Crippen LogP) is 1.52. The summed E-state index contributed by atoms with van der Waals surface area (Å²) in [6.45, 7) is 0.782. The normalized spacial score (nSPS) is 10.9. The smallest absolute Gasteiger partial charge is 0.181 e. The second kappa shape index (κ2) is 5.22. The largest absolute Gasteiger partial charge is 0.319 e. The summed E-state index contributed by atoms with van der Waals surface area (Å²) >= 11 is 0. The minimum Gasteiger partial charge on any atom is -0.319 e. The van der Waals surface area contributed by atoms with Crippen molar-refractivity contribution in [3.63, 3.8) is 0 Å². The summed E-state index contributed by atoms with van der Waals surface area (Å²) in [5.74, 6) is -0.562. The van der Waals surface area contributed by atoms with E-state index in [0.717, 1.165) is 30.9 Å². The molecular formula is C12H14F2N4. The molecule has 96 valence electrons. The Labute approximate surface area is 104 Å². The van der Waals surface area contributed by atoms with Crippen molar-refractivity contribution >= 4 is 0 Å². The van der Waals surface area contributed by atoms with Gasteiger partial charge in [-0.15, -0.1) is 0 Å². The van der Waals surface area contributed by atoms with E-state index in [1.165, 1.54) is 6.07 Å². The number of hydrogen-bond donors (Lipinski definition) is 1. The van der Waals surface area contributed by atoms with Crippen molar-refractivity contribution < 1.29 is 8.78 Å². The van der Waals surface area contributed by atoms with Gasteiger partial charge in [0.15, 0.2) is 17.5 Å². The van der Waals surface area contributed by atoms with Crippen LogP contribution in [0.3, 0.4) is 0 Å². The van der Waals surface area contributed by atoms with E-state index in [-0.39, 0.29) is 0 Å². The maximum Gasteiger partial charge on any atom is 0.181 e. The number of hydrogen-bond acceptors (Lipinski definition) is 3. The highest BCUT2D eigenvalue weighted by atomic mass is 19.2. The maximum absolute atomic E-state index is 13.1. The minimum atomic E-state index is -0.892. The van der Waals surface area contributed by atoms with E-state index in [9.17, 15) is 8.78 Å². The van der Waals surface area contributed by atoms with Crippen LogP contribution in [0.2, 0.25) is 0 Å². The van der Waals surface area contributed by atoms with E-state index < -0.39 is 11.6 Å². The zero-order valence-electron chi connectivity index (χ0n) is 10.2. The molecule has 18 heavy (non-hydrogen) atoms. The van der Waals surface area contributed by atoms with E-state index in [4.69, 9.17) is 0 Å². The van der Waals surface area contributed by atoms with Gasteiger partial charge in [-0.05, 0) is 25.2 Å². The van der Waals surface area contributed by atoms with Crippen LogP contribution in [0.15, 0.2) is 18.2 Å². The average Bonchev–Trinajstić information content (AvgIpc) is 2.72. The van der Waals surface area contributed by atoms with Crippen LogP contribution in [0.5, 0.6) is 0 Å². The van der Waals surface area contributed by atoms with Gasteiger partial charge in [0.25, 0.3) is 0 Å². The summed E-state index contributed by atoms with van der Waals surface area (Å²) < 4.78 is 27.6. The Morgan fingerprint density at radius 1 is 1.28 bits per heavy atom. The highest BCUT2D eigenvalue weighted by molar-refractivity contribution is 5.54. The minimum absolute atomic E-state index is 0.405. The summed E-state index contributed by atoms with van der Waals surface area (Å²) in [6, 6.07) is 3.65. The van der Waals surface area contributed by atoms with Gasteiger partial charge in [-0.25, -0.2) is 13.8 Å². The third kappa shape index (κ3) is 2.53. The molecule has 0 aliphatic carbocycles. The Balaban J connectivity index is 2.30. The van der Waals surface area contributed by atoms with Crippen molar-refractivity contribution in [1.82, 2.24) is 20.1 Å². The molecule has 1 aromatic carbocycles. The lowest BCUT2D eigenvalue weighted by Crippen LogP contribution is -2.13. The molecular weight excluding hydrogens is 238 g/mol. The van der Waals surface area contributed by atoms with Crippen molar-refractivity contribution in [2.24, 2.45) is 7.05 Å². The van der Waals surface area contributed by atoms with Gasteiger partial charge in [-0.2, -0.15) is 5.10 Å². The zero-order valence-corrected chi connectivity index (χ0v) is 10.2. The van der Waals surface area contributed by atoms with Gasteiger partial charge in [0.05, 0.1) is 0 Å². The second-order valence-electron chi connectivity index (χ2n) is 3.96. The molecule has 0 saturated heterocycles. The van der Waals surface area contributed by atoms with Crippen molar-refractivity contribution in [2.75, 3.05) is 13.6 Å². The number of aryl methyl sites for hydroxylation is 1. The van der Waals surface area contributed by atoms with Crippen LogP contribution in [-0.4, -0.2) is 28.4 Å². The molecule has 0 unspecified atom stereocenters. The Morgan fingerprint density at radius 2 is 2.06 bits per heavy atom. The Hall–Kier alpha value is -1.82. The van der Waals surface area contributed by atoms with Gasteiger partial charge in [-0.1, -0.05) is 0 Å².